The molecule has 8 heteroatoms. The Morgan fingerprint density at radius 3 is 2.66 bits per heavy atom. The molecule has 35 heavy (non-hydrogen) atoms. The molecule has 1 aliphatic heterocycles. The van der Waals surface area contributed by atoms with Crippen molar-refractivity contribution in [3.8, 4) is 22.7 Å². The molecule has 3 aromatic rings. The van der Waals surface area contributed by atoms with Gasteiger partial charge in [-0.25, -0.2) is 9.07 Å². The van der Waals surface area contributed by atoms with Crippen LogP contribution in [0.3, 0.4) is 0 Å². The number of halogens is 1. The first-order valence-corrected chi connectivity index (χ1v) is 13.1. The second-order valence-electron chi connectivity index (χ2n) is 8.63. The quantitative estimate of drug-likeness (QED) is 0.278. The molecule has 5 nitrogen and oxygen atoms in total. The van der Waals surface area contributed by atoms with Crippen molar-refractivity contribution < 1.29 is 13.9 Å². The molecule has 1 aromatic heterocycles. The summed E-state index contributed by atoms with van der Waals surface area (Å²) in [4.78, 5) is 15.7. The van der Waals surface area contributed by atoms with Crippen LogP contribution in [0, 0.1) is 5.82 Å². The van der Waals surface area contributed by atoms with Gasteiger partial charge in [0.2, 0.25) is 0 Å². The normalized spacial score (nSPS) is 18.0. The summed E-state index contributed by atoms with van der Waals surface area (Å²) in [5, 5.41) is 4.76. The molecule has 0 unspecified atom stereocenters. The van der Waals surface area contributed by atoms with E-state index in [0.717, 1.165) is 36.9 Å². The second kappa shape index (κ2) is 10.3. The van der Waals surface area contributed by atoms with Crippen molar-refractivity contribution in [3.63, 3.8) is 0 Å². The minimum Gasteiger partial charge on any atom is -0.491 e. The number of ether oxygens (including phenoxy) is 1. The van der Waals surface area contributed by atoms with Crippen molar-refractivity contribution >= 4 is 40.3 Å². The first-order valence-electron chi connectivity index (χ1n) is 11.9. The number of hydrogen-bond acceptors (Lipinski definition) is 5. The zero-order valence-corrected chi connectivity index (χ0v) is 21.1. The Kier molecular flexibility index (Phi) is 7.02. The number of benzene rings is 2. The van der Waals surface area contributed by atoms with E-state index in [2.05, 4.69) is 0 Å². The highest BCUT2D eigenvalue weighted by Crippen LogP contribution is 2.38. The van der Waals surface area contributed by atoms with Gasteiger partial charge in [-0.15, -0.1) is 0 Å². The Morgan fingerprint density at radius 2 is 1.94 bits per heavy atom. The molecule has 5 rings (SSSR count). The predicted molar refractivity (Wildman–Crippen MR) is 142 cm³/mol. The number of hydrogen-bond donors (Lipinski definition) is 0. The van der Waals surface area contributed by atoms with E-state index in [1.54, 1.807) is 21.7 Å². The van der Waals surface area contributed by atoms with Crippen molar-refractivity contribution in [2.45, 2.75) is 45.1 Å². The Labute approximate surface area is 214 Å². The lowest BCUT2D eigenvalue weighted by molar-refractivity contribution is -0.124. The molecule has 2 aliphatic rings. The van der Waals surface area contributed by atoms with E-state index in [4.69, 9.17) is 22.1 Å². The van der Waals surface area contributed by atoms with E-state index >= 15 is 0 Å². The number of aromatic nitrogens is 2. The molecule has 1 saturated carbocycles. The van der Waals surface area contributed by atoms with E-state index in [1.165, 1.54) is 24.2 Å². The first kappa shape index (κ1) is 23.8. The maximum absolute atomic E-state index is 14.7. The number of carbonyl (C=O) groups excluding carboxylic acids is 1. The fraction of sp³-hybridized carbons (Fsp3) is 0.296. The molecular weight excluding hydrogens is 481 g/mol. The van der Waals surface area contributed by atoms with Gasteiger partial charge < -0.3 is 4.74 Å². The Balaban J connectivity index is 1.54. The summed E-state index contributed by atoms with van der Waals surface area (Å²) >= 11 is 6.93. The molecule has 2 fully saturated rings. The van der Waals surface area contributed by atoms with Gasteiger partial charge in [-0.2, -0.15) is 5.10 Å². The Bertz CT molecular complexity index is 1280. The summed E-state index contributed by atoms with van der Waals surface area (Å²) in [5.74, 6) is -0.301. The molecule has 1 saturated heterocycles. The molecule has 2 heterocycles. The maximum Gasteiger partial charge on any atom is 0.266 e. The van der Waals surface area contributed by atoms with Crippen molar-refractivity contribution in [2.24, 2.45) is 0 Å². The van der Waals surface area contributed by atoms with Crippen molar-refractivity contribution in [2.75, 3.05) is 6.61 Å². The lowest BCUT2D eigenvalue weighted by Gasteiger charge is -2.29. The van der Waals surface area contributed by atoms with Gasteiger partial charge in [-0.3, -0.25) is 9.69 Å². The summed E-state index contributed by atoms with van der Waals surface area (Å²) < 4.78 is 22.4. The number of carbonyl (C=O) groups is 1. The highest BCUT2D eigenvalue weighted by Gasteiger charge is 2.37. The number of thiocarbonyl (C=S) groups is 1. The SMILES string of the molecule is CCOc1ccc(-c2nn(-c3ccccc3)cc2/C=C2\SC(=S)N(C3CCCCC3)C2=O)cc1F. The molecule has 1 aliphatic carbocycles. The number of para-hydroxylation sites is 1. The van der Waals surface area contributed by atoms with Crippen molar-refractivity contribution in [1.29, 1.82) is 0 Å². The lowest BCUT2D eigenvalue weighted by atomic mass is 9.94. The summed E-state index contributed by atoms with van der Waals surface area (Å²) in [5.41, 5.74) is 2.78. The van der Waals surface area contributed by atoms with Gasteiger partial charge in [0.15, 0.2) is 11.6 Å². The fourth-order valence-electron chi connectivity index (χ4n) is 4.63. The summed E-state index contributed by atoms with van der Waals surface area (Å²) in [7, 11) is 0. The van der Waals surface area contributed by atoms with E-state index in [0.29, 0.717) is 27.1 Å². The molecule has 0 spiro atoms. The zero-order chi connectivity index (χ0) is 24.4. The van der Waals surface area contributed by atoms with Crippen LogP contribution in [0.2, 0.25) is 0 Å². The van der Waals surface area contributed by atoms with Gasteiger partial charge in [-0.05, 0) is 56.2 Å². The molecule has 1 amide bonds. The molecule has 0 bridgehead atoms. The molecule has 0 radical (unpaired) electrons. The third kappa shape index (κ3) is 4.90. The standard InChI is InChI=1S/C27H26FN3O2S2/c1-2-33-23-14-13-18(15-22(23)28)25-19(17-30(29-25)20-9-5-3-6-10-20)16-24-26(32)31(27(34)35-24)21-11-7-4-8-12-21/h3,5-6,9-10,13-17,21H,2,4,7-8,11-12H2,1H3/b24-16-. The molecular formula is C27H26FN3O2S2. The molecule has 0 N–H and O–H groups in total. The second-order valence-corrected chi connectivity index (χ2v) is 10.3. The highest BCUT2D eigenvalue weighted by molar-refractivity contribution is 8.26. The van der Waals surface area contributed by atoms with Crippen LogP contribution in [0.15, 0.2) is 59.6 Å². The number of nitrogens with zero attached hydrogens (tertiary/aromatic N) is 3. The monoisotopic (exact) mass is 507 g/mol. The van der Waals surface area contributed by atoms with Crippen LogP contribution in [-0.4, -0.2) is 37.6 Å². The maximum atomic E-state index is 14.7. The van der Waals surface area contributed by atoms with E-state index in [9.17, 15) is 9.18 Å². The van der Waals surface area contributed by atoms with Gasteiger partial charge in [0.1, 0.15) is 10.0 Å². The molecule has 2 aromatic carbocycles. The van der Waals surface area contributed by atoms with Gasteiger partial charge in [0.25, 0.3) is 5.91 Å². The van der Waals surface area contributed by atoms with E-state index in [-0.39, 0.29) is 17.7 Å². The van der Waals surface area contributed by atoms with Gasteiger partial charge in [0.05, 0.1) is 17.2 Å². The van der Waals surface area contributed by atoms with Crippen molar-refractivity contribution in [1.82, 2.24) is 14.7 Å². The first-order chi connectivity index (χ1) is 17.0. The third-order valence-corrected chi connectivity index (χ3v) is 7.65. The smallest absolute Gasteiger partial charge is 0.266 e. The number of amides is 1. The van der Waals surface area contributed by atoms with E-state index < -0.39 is 5.82 Å². The van der Waals surface area contributed by atoms with Gasteiger partial charge in [-0.1, -0.05) is 61.4 Å². The summed E-state index contributed by atoms with van der Waals surface area (Å²) in [6.07, 6.45) is 9.13. The number of rotatable bonds is 6. The molecule has 0 atom stereocenters. The van der Waals surface area contributed by atoms with Crippen LogP contribution < -0.4 is 4.74 Å². The summed E-state index contributed by atoms with van der Waals surface area (Å²) in [6, 6.07) is 14.7. The van der Waals surface area contributed by atoms with Gasteiger partial charge in [0, 0.05) is 23.4 Å². The topological polar surface area (TPSA) is 47.4 Å². The zero-order valence-electron chi connectivity index (χ0n) is 19.4. The van der Waals surface area contributed by atoms with E-state index in [1.807, 2.05) is 49.5 Å². The van der Waals surface area contributed by atoms with Crippen LogP contribution >= 0.6 is 24.0 Å². The average Bonchev–Trinajstić information content (AvgIpc) is 3.42. The predicted octanol–water partition coefficient (Wildman–Crippen LogP) is 6.61. The van der Waals surface area contributed by atoms with Crippen molar-refractivity contribution in [3.05, 3.63) is 71.0 Å². The van der Waals surface area contributed by atoms with Crippen LogP contribution in [-0.2, 0) is 4.79 Å². The van der Waals surface area contributed by atoms with Crippen LogP contribution in [0.1, 0.15) is 44.6 Å². The minimum absolute atomic E-state index is 0.0526. The van der Waals surface area contributed by atoms with Gasteiger partial charge >= 0.3 is 0 Å². The Hall–Kier alpha value is -2.97. The lowest BCUT2D eigenvalue weighted by Crippen LogP contribution is -2.39. The minimum atomic E-state index is -0.451. The largest absolute Gasteiger partial charge is 0.491 e. The fourth-order valence-corrected chi connectivity index (χ4v) is 6.02. The molecule has 180 valence electrons. The van der Waals surface area contributed by atoms with Crippen LogP contribution in [0.4, 0.5) is 4.39 Å². The number of thioether (sulfide) groups is 1. The average molecular weight is 508 g/mol. The summed E-state index contributed by atoms with van der Waals surface area (Å²) in [6.45, 7) is 2.20. The van der Waals surface area contributed by atoms with Crippen LogP contribution in [0.25, 0.3) is 23.0 Å². The van der Waals surface area contributed by atoms with Crippen LogP contribution in [0.5, 0.6) is 5.75 Å². The Morgan fingerprint density at radius 1 is 1.17 bits per heavy atom. The third-order valence-electron chi connectivity index (χ3n) is 6.32. The highest BCUT2D eigenvalue weighted by atomic mass is 32.2.